The molecule has 6 nitrogen and oxygen atoms in total. The summed E-state index contributed by atoms with van der Waals surface area (Å²) in [6.45, 7) is 2.79. The van der Waals surface area contributed by atoms with Gasteiger partial charge in [0.2, 0.25) is 5.95 Å². The third-order valence-electron chi connectivity index (χ3n) is 3.54. The number of aromatic nitrogens is 2. The molecule has 8 heteroatoms. The quantitative estimate of drug-likeness (QED) is 0.832. The van der Waals surface area contributed by atoms with Crippen molar-refractivity contribution in [2.45, 2.75) is 0 Å². The Kier molecular flexibility index (Phi) is 7.06. The highest BCUT2D eigenvalue weighted by molar-refractivity contribution is 5.95. The van der Waals surface area contributed by atoms with E-state index >= 15 is 0 Å². The predicted molar refractivity (Wildman–Crippen MR) is 95.5 cm³/mol. The molecule has 2 aromatic rings. The van der Waals surface area contributed by atoms with Gasteiger partial charge in [0.1, 0.15) is 0 Å². The lowest BCUT2D eigenvalue weighted by atomic mass is 10.1. The van der Waals surface area contributed by atoms with E-state index in [0.717, 1.165) is 13.1 Å². The van der Waals surface area contributed by atoms with Crippen LogP contribution in [-0.2, 0) is 0 Å². The minimum atomic E-state index is 0. The first-order chi connectivity index (χ1) is 10.2. The van der Waals surface area contributed by atoms with E-state index < -0.39 is 0 Å². The first-order valence-electron chi connectivity index (χ1n) is 6.91. The number of amides is 1. The van der Waals surface area contributed by atoms with E-state index in [1.807, 2.05) is 4.90 Å². The van der Waals surface area contributed by atoms with Crippen LogP contribution in [-0.4, -0.2) is 47.0 Å². The van der Waals surface area contributed by atoms with Gasteiger partial charge in [-0.1, -0.05) is 6.07 Å². The maximum atomic E-state index is 12.4. The highest BCUT2D eigenvalue weighted by Crippen LogP contribution is 2.14. The van der Waals surface area contributed by atoms with Crippen molar-refractivity contribution in [3.8, 4) is 0 Å². The van der Waals surface area contributed by atoms with Crippen molar-refractivity contribution in [2.24, 2.45) is 0 Å². The van der Waals surface area contributed by atoms with Gasteiger partial charge in [0.15, 0.2) is 0 Å². The number of nitrogens with two attached hydrogens (primary N) is 1. The van der Waals surface area contributed by atoms with Crippen molar-refractivity contribution >= 4 is 42.4 Å². The van der Waals surface area contributed by atoms with Crippen molar-refractivity contribution in [1.29, 1.82) is 0 Å². The summed E-state index contributed by atoms with van der Waals surface area (Å²) in [6, 6.07) is 8.89. The Morgan fingerprint density at radius 3 is 2.26 bits per heavy atom. The summed E-state index contributed by atoms with van der Waals surface area (Å²) in [6.07, 6.45) is 3.46. The molecule has 0 unspecified atom stereocenters. The van der Waals surface area contributed by atoms with Crippen LogP contribution in [0.3, 0.4) is 0 Å². The Morgan fingerprint density at radius 2 is 1.65 bits per heavy atom. The van der Waals surface area contributed by atoms with Crippen LogP contribution in [0.4, 0.5) is 11.6 Å². The van der Waals surface area contributed by atoms with Crippen LogP contribution in [0.15, 0.2) is 42.7 Å². The average molecular weight is 356 g/mol. The van der Waals surface area contributed by atoms with E-state index in [1.165, 1.54) is 0 Å². The van der Waals surface area contributed by atoms with Gasteiger partial charge in [0.25, 0.3) is 5.91 Å². The minimum Gasteiger partial charge on any atom is -0.399 e. The van der Waals surface area contributed by atoms with Gasteiger partial charge in [-0.15, -0.1) is 24.8 Å². The molecule has 2 N–H and O–H groups in total. The molecule has 1 aromatic carbocycles. The number of hydrogen-bond acceptors (Lipinski definition) is 5. The molecule has 1 aliphatic rings. The molecule has 3 rings (SSSR count). The number of piperazine rings is 1. The van der Waals surface area contributed by atoms with E-state index in [4.69, 9.17) is 5.73 Å². The van der Waals surface area contributed by atoms with Gasteiger partial charge in [-0.3, -0.25) is 4.79 Å². The minimum absolute atomic E-state index is 0. The lowest BCUT2D eigenvalue weighted by Crippen LogP contribution is -2.49. The van der Waals surface area contributed by atoms with E-state index in [-0.39, 0.29) is 30.7 Å². The Hall–Kier alpha value is -2.05. The third kappa shape index (κ3) is 4.46. The van der Waals surface area contributed by atoms with Gasteiger partial charge >= 0.3 is 0 Å². The number of anilines is 2. The molecule has 1 aromatic heterocycles. The number of rotatable bonds is 2. The van der Waals surface area contributed by atoms with Gasteiger partial charge in [-0.2, -0.15) is 0 Å². The number of benzene rings is 1. The van der Waals surface area contributed by atoms with Crippen LogP contribution in [0.25, 0.3) is 0 Å². The van der Waals surface area contributed by atoms with Crippen molar-refractivity contribution < 1.29 is 4.79 Å². The molecule has 2 heterocycles. The molecule has 0 bridgehead atoms. The first-order valence-corrected chi connectivity index (χ1v) is 6.91. The van der Waals surface area contributed by atoms with Gasteiger partial charge in [0, 0.05) is 49.8 Å². The van der Waals surface area contributed by atoms with Crippen LogP contribution in [0.2, 0.25) is 0 Å². The molecule has 1 fully saturated rings. The Balaban J connectivity index is 0.00000132. The molecule has 23 heavy (non-hydrogen) atoms. The number of nitrogen functional groups attached to an aromatic ring is 1. The summed E-state index contributed by atoms with van der Waals surface area (Å²) in [7, 11) is 0. The lowest BCUT2D eigenvalue weighted by Gasteiger charge is -2.34. The third-order valence-corrected chi connectivity index (χ3v) is 3.54. The topological polar surface area (TPSA) is 75.4 Å². The van der Waals surface area contributed by atoms with Crippen LogP contribution >= 0.6 is 24.8 Å². The number of nitrogens with zero attached hydrogens (tertiary/aromatic N) is 4. The zero-order valence-corrected chi connectivity index (χ0v) is 14.1. The molecule has 124 valence electrons. The Labute approximate surface area is 147 Å². The van der Waals surface area contributed by atoms with Crippen LogP contribution in [0.1, 0.15) is 10.4 Å². The number of carbonyl (C=O) groups is 1. The van der Waals surface area contributed by atoms with E-state index in [1.54, 1.807) is 42.7 Å². The molecule has 1 saturated heterocycles. The summed E-state index contributed by atoms with van der Waals surface area (Å²) < 4.78 is 0. The largest absolute Gasteiger partial charge is 0.399 e. The summed E-state index contributed by atoms with van der Waals surface area (Å²) in [5, 5.41) is 0. The molecule has 0 radical (unpaired) electrons. The second kappa shape index (κ2) is 8.55. The summed E-state index contributed by atoms with van der Waals surface area (Å²) >= 11 is 0. The molecule has 0 aliphatic carbocycles. The number of halogens is 2. The summed E-state index contributed by atoms with van der Waals surface area (Å²) in [5.41, 5.74) is 6.98. The second-order valence-electron chi connectivity index (χ2n) is 4.95. The zero-order valence-electron chi connectivity index (χ0n) is 12.5. The van der Waals surface area contributed by atoms with Gasteiger partial charge in [-0.25, -0.2) is 9.97 Å². The highest BCUT2D eigenvalue weighted by Gasteiger charge is 2.23. The average Bonchev–Trinajstić information content (AvgIpc) is 2.55. The fourth-order valence-electron chi connectivity index (χ4n) is 2.42. The van der Waals surface area contributed by atoms with E-state index in [9.17, 15) is 4.79 Å². The van der Waals surface area contributed by atoms with Gasteiger partial charge in [-0.05, 0) is 24.3 Å². The lowest BCUT2D eigenvalue weighted by molar-refractivity contribution is 0.0746. The fraction of sp³-hybridized carbons (Fsp3) is 0.267. The number of hydrogen-bond donors (Lipinski definition) is 1. The standard InChI is InChI=1S/C15H17N5O.2ClH/c16-13-4-1-3-12(11-13)14(21)19-7-9-20(10-8-19)15-17-5-2-6-18-15;;/h1-6,11H,7-10,16H2;2*1H. The van der Waals surface area contributed by atoms with E-state index in [2.05, 4.69) is 14.9 Å². The Morgan fingerprint density at radius 1 is 1.00 bits per heavy atom. The molecule has 1 amide bonds. The maximum absolute atomic E-state index is 12.4. The number of carbonyl (C=O) groups excluding carboxylic acids is 1. The molecule has 0 atom stereocenters. The summed E-state index contributed by atoms with van der Waals surface area (Å²) in [4.78, 5) is 24.8. The molecule has 0 saturated carbocycles. The molecular formula is C15H19Cl2N5O. The van der Waals surface area contributed by atoms with E-state index in [0.29, 0.717) is 30.3 Å². The van der Waals surface area contributed by atoms with Crippen LogP contribution in [0.5, 0.6) is 0 Å². The molecule has 0 spiro atoms. The zero-order chi connectivity index (χ0) is 14.7. The SMILES string of the molecule is Cl.Cl.Nc1cccc(C(=O)N2CCN(c3ncccn3)CC2)c1. The first kappa shape index (κ1) is 19.0. The van der Waals surface area contributed by atoms with Crippen molar-refractivity contribution in [2.75, 3.05) is 36.8 Å². The van der Waals surface area contributed by atoms with Crippen LogP contribution < -0.4 is 10.6 Å². The van der Waals surface area contributed by atoms with Crippen molar-refractivity contribution in [3.63, 3.8) is 0 Å². The monoisotopic (exact) mass is 355 g/mol. The highest BCUT2D eigenvalue weighted by atomic mass is 35.5. The summed E-state index contributed by atoms with van der Waals surface area (Å²) in [5.74, 6) is 0.740. The second-order valence-corrected chi connectivity index (χ2v) is 4.95. The Bertz CT molecular complexity index is 633. The maximum Gasteiger partial charge on any atom is 0.254 e. The van der Waals surface area contributed by atoms with Gasteiger partial charge < -0.3 is 15.5 Å². The van der Waals surface area contributed by atoms with Crippen molar-refractivity contribution in [1.82, 2.24) is 14.9 Å². The normalized spacial score (nSPS) is 13.7. The molecule has 1 aliphatic heterocycles. The fourth-order valence-corrected chi connectivity index (χ4v) is 2.42. The van der Waals surface area contributed by atoms with Gasteiger partial charge in [0.05, 0.1) is 0 Å². The smallest absolute Gasteiger partial charge is 0.254 e. The van der Waals surface area contributed by atoms with Crippen molar-refractivity contribution in [3.05, 3.63) is 48.3 Å². The predicted octanol–water partition coefficient (Wildman–Crippen LogP) is 1.86. The molecular weight excluding hydrogens is 337 g/mol. The van der Waals surface area contributed by atoms with Crippen LogP contribution in [0, 0.1) is 0 Å².